The highest BCUT2D eigenvalue weighted by molar-refractivity contribution is 7.44. The van der Waals surface area contributed by atoms with E-state index in [1.807, 2.05) is 45.3 Å². The Hall–Kier alpha value is -6.14. The van der Waals surface area contributed by atoms with Crippen LogP contribution in [0.2, 0.25) is 0 Å². The van der Waals surface area contributed by atoms with E-state index in [-0.39, 0.29) is 26.9 Å². The highest BCUT2D eigenvalue weighted by atomic mass is 32.1. The van der Waals surface area contributed by atoms with Gasteiger partial charge in [-0.1, -0.05) is 232 Å². The van der Waals surface area contributed by atoms with Crippen molar-refractivity contribution in [1.82, 2.24) is 0 Å². The lowest BCUT2D eigenvalue weighted by Gasteiger charge is -2.31. The molecule has 0 unspecified atom stereocenters. The molecule has 12 aromatic rings. The van der Waals surface area contributed by atoms with Crippen LogP contribution in [0.3, 0.4) is 0 Å². The van der Waals surface area contributed by atoms with Gasteiger partial charge in [0.15, 0.2) is 0 Å². The van der Waals surface area contributed by atoms with Gasteiger partial charge in [-0.3, -0.25) is 0 Å². The van der Waals surface area contributed by atoms with Crippen LogP contribution in [0.4, 0.5) is 0 Å². The first-order chi connectivity index (χ1) is 36.7. The number of hydrogen-bond donors (Lipinski definition) is 0. The lowest BCUT2D eigenvalue weighted by atomic mass is 9.23. The molecule has 2 aliphatic rings. The fourth-order valence-electron chi connectivity index (χ4n) is 14.6. The van der Waals surface area contributed by atoms with Crippen LogP contribution < -0.4 is 62.8 Å². The van der Waals surface area contributed by atoms with Crippen LogP contribution in [-0.2, 0) is 0 Å². The topological polar surface area (TPSA) is 0 Å². The van der Waals surface area contributed by atoms with Crippen LogP contribution in [0.25, 0.3) is 40.3 Å². The molecular weight excluding hydrogens is 988 g/mol. The molecule has 368 valence electrons. The molecule has 0 saturated heterocycles. The van der Waals surface area contributed by atoms with Crippen LogP contribution in [0.5, 0.6) is 0 Å². The monoisotopic (exact) mass is 1050 g/mol. The number of rotatable bonds is 4. The van der Waals surface area contributed by atoms with Gasteiger partial charge in [-0.05, 0) is 148 Å². The van der Waals surface area contributed by atoms with Gasteiger partial charge in [0.05, 0.1) is 0 Å². The molecule has 0 fully saturated rings. The van der Waals surface area contributed by atoms with Crippen molar-refractivity contribution < 1.29 is 0 Å². The molecule has 6 heterocycles. The van der Waals surface area contributed by atoms with Gasteiger partial charge in [-0.25, -0.2) is 0 Å². The highest BCUT2D eigenvalue weighted by Gasteiger charge is 2.47. The van der Waals surface area contributed by atoms with Crippen molar-refractivity contribution in [3.63, 3.8) is 0 Å². The number of thiophene rings is 4. The molecule has 8 heteroatoms. The van der Waals surface area contributed by atoms with E-state index in [4.69, 9.17) is 0 Å². The fraction of sp³-hybridized carbons (Fsp3) is 0.176. The molecule has 2 aliphatic heterocycles. The van der Waals surface area contributed by atoms with E-state index >= 15 is 0 Å². The maximum Gasteiger partial charge on any atom is 0.254 e. The molecule has 0 N–H and O–H groups in total. The van der Waals surface area contributed by atoms with E-state index in [1.165, 1.54) is 170 Å². The fourth-order valence-corrected chi connectivity index (χ4v) is 20.0. The Morgan fingerprint density at radius 2 is 0.395 bits per heavy atom. The highest BCUT2D eigenvalue weighted by Crippen LogP contribution is 2.30. The van der Waals surface area contributed by atoms with Gasteiger partial charge in [0, 0.05) is 18.8 Å². The van der Waals surface area contributed by atoms with E-state index in [9.17, 15) is 0 Å². The molecule has 0 amide bonds. The van der Waals surface area contributed by atoms with Crippen molar-refractivity contribution in [2.75, 3.05) is 0 Å². The standard InChI is InChI=1S/2C34H30B2S2/c2*1-19-15-21(3)29(22(4)16-19)35-31-25-11-7-9-13-27(25)38-34(31)36(30-23(5)17-20(2)18-24(30)6)32-26-12-8-10-14-28(26)37-33(32)35/h2*7-18H,1-6H3. The summed E-state index contributed by atoms with van der Waals surface area (Å²) in [6.07, 6.45) is 0. The van der Waals surface area contributed by atoms with Gasteiger partial charge in [-0.15, -0.1) is 45.3 Å². The SMILES string of the molecule is Cc1cc(C)c(B2c3sc4ccccc4c3B(c3c(C)cc(C)cc3C)c3sc4ccccc4c32)c(C)c1.Cc1cc(C)c(B2c3sc4ccccc4c3B(c3c(C)cc(C)cc3C)c3sc4ccccc4c32)c(C)c1. The summed E-state index contributed by atoms with van der Waals surface area (Å²) >= 11 is 8.07. The minimum Gasteiger partial charge on any atom is -0.150 e. The molecule has 0 saturated carbocycles. The van der Waals surface area contributed by atoms with E-state index in [0.29, 0.717) is 0 Å². The molecule has 0 bridgehead atoms. The van der Waals surface area contributed by atoms with Gasteiger partial charge >= 0.3 is 0 Å². The summed E-state index contributed by atoms with van der Waals surface area (Å²) in [5, 5.41) is 5.69. The van der Waals surface area contributed by atoms with E-state index in [2.05, 4.69) is 229 Å². The van der Waals surface area contributed by atoms with E-state index < -0.39 is 0 Å². The van der Waals surface area contributed by atoms with Gasteiger partial charge < -0.3 is 0 Å². The Kier molecular flexibility index (Phi) is 12.2. The summed E-state index contributed by atoms with van der Waals surface area (Å²) in [7, 11) is 0. The first-order valence-corrected chi connectivity index (χ1v) is 30.3. The maximum atomic E-state index is 2.38. The number of benzene rings is 8. The average molecular weight is 1050 g/mol. The number of hydrogen-bond acceptors (Lipinski definition) is 4. The van der Waals surface area contributed by atoms with Crippen LogP contribution >= 0.6 is 45.3 Å². The van der Waals surface area contributed by atoms with Crippen molar-refractivity contribution >= 4 is 175 Å². The summed E-state index contributed by atoms with van der Waals surface area (Å²) in [5.41, 5.74) is 28.7. The smallest absolute Gasteiger partial charge is 0.150 e. The van der Waals surface area contributed by atoms with E-state index in [1.54, 1.807) is 0 Å². The molecular formula is C68H60B4S4. The molecule has 4 aromatic heterocycles. The first kappa shape index (κ1) is 49.4. The summed E-state index contributed by atoms with van der Waals surface area (Å²) in [4.78, 5) is 0. The summed E-state index contributed by atoms with van der Waals surface area (Å²) in [6.45, 7) is 28.4. The Labute approximate surface area is 467 Å². The Morgan fingerprint density at radius 3 is 0.579 bits per heavy atom. The first-order valence-electron chi connectivity index (χ1n) is 27.0. The van der Waals surface area contributed by atoms with Gasteiger partial charge in [0.1, 0.15) is 0 Å². The second-order valence-electron chi connectivity index (χ2n) is 22.5. The van der Waals surface area contributed by atoms with Gasteiger partial charge in [0.2, 0.25) is 0 Å². The Morgan fingerprint density at radius 1 is 0.224 bits per heavy atom. The maximum absolute atomic E-state index is 2.38. The lowest BCUT2D eigenvalue weighted by molar-refractivity contribution is 1.35. The normalized spacial score (nSPS) is 12.9. The van der Waals surface area contributed by atoms with Crippen molar-refractivity contribution in [2.45, 2.75) is 83.1 Å². The Bertz CT molecular complexity index is 3720. The van der Waals surface area contributed by atoms with Crippen LogP contribution in [0, 0.1) is 83.1 Å². The minimum atomic E-state index is 0.247. The molecule has 0 spiro atoms. The zero-order valence-corrected chi connectivity index (χ0v) is 49.1. The van der Waals surface area contributed by atoms with Crippen LogP contribution in [0.1, 0.15) is 66.8 Å². The molecule has 0 nitrogen and oxygen atoms in total. The molecule has 8 aromatic carbocycles. The van der Waals surface area contributed by atoms with Crippen molar-refractivity contribution in [1.29, 1.82) is 0 Å². The van der Waals surface area contributed by atoms with Crippen LogP contribution in [0.15, 0.2) is 146 Å². The minimum absolute atomic E-state index is 0.247. The molecule has 0 aliphatic carbocycles. The third kappa shape index (κ3) is 7.75. The predicted molar refractivity (Wildman–Crippen MR) is 349 cm³/mol. The summed E-state index contributed by atoms with van der Waals surface area (Å²) < 4.78 is 11.7. The molecule has 0 atom stereocenters. The second-order valence-corrected chi connectivity index (χ2v) is 26.8. The summed E-state index contributed by atoms with van der Waals surface area (Å²) in [6, 6.07) is 55.4. The quantitative estimate of drug-likeness (QED) is 0.154. The molecule has 0 radical (unpaired) electrons. The van der Waals surface area contributed by atoms with Gasteiger partial charge in [0.25, 0.3) is 26.9 Å². The van der Waals surface area contributed by atoms with Crippen molar-refractivity contribution in [3.8, 4) is 0 Å². The predicted octanol–water partition coefficient (Wildman–Crippen LogP) is 10.6. The zero-order valence-electron chi connectivity index (χ0n) is 45.8. The van der Waals surface area contributed by atoms with Crippen molar-refractivity contribution in [3.05, 3.63) is 212 Å². The molecule has 76 heavy (non-hydrogen) atoms. The number of fused-ring (bicyclic) bond motifs is 12. The van der Waals surface area contributed by atoms with E-state index in [0.717, 1.165) is 0 Å². The van der Waals surface area contributed by atoms with Gasteiger partial charge in [-0.2, -0.15) is 0 Å². The Balaban J connectivity index is 0.000000146. The lowest BCUT2D eigenvalue weighted by Crippen LogP contribution is -2.74. The third-order valence-corrected chi connectivity index (χ3v) is 22.0. The zero-order chi connectivity index (χ0) is 52.6. The molecule has 14 rings (SSSR count). The number of aryl methyl sites for hydroxylation is 12. The summed E-state index contributed by atoms with van der Waals surface area (Å²) in [5.74, 6) is 0. The average Bonchev–Trinajstić information content (AvgIpc) is 4.16. The third-order valence-electron chi connectivity index (χ3n) is 17.0. The second kappa shape index (κ2) is 18.8. The largest absolute Gasteiger partial charge is 0.254 e. The van der Waals surface area contributed by atoms with Crippen molar-refractivity contribution in [2.24, 2.45) is 0 Å². The van der Waals surface area contributed by atoms with Crippen LogP contribution in [-0.4, -0.2) is 26.9 Å².